The summed E-state index contributed by atoms with van der Waals surface area (Å²) in [5, 5.41) is 16.3. The van der Waals surface area contributed by atoms with Gasteiger partial charge in [-0.25, -0.2) is 13.6 Å². The van der Waals surface area contributed by atoms with Crippen LogP contribution in [-0.2, 0) is 22.9 Å². The lowest BCUT2D eigenvalue weighted by atomic mass is 9.92. The molecule has 0 aliphatic heterocycles. The van der Waals surface area contributed by atoms with Gasteiger partial charge >= 0.3 is 0 Å². The van der Waals surface area contributed by atoms with Gasteiger partial charge in [-0.15, -0.1) is 11.3 Å². The number of nitrogens with two attached hydrogens (primary N) is 2. The zero-order valence-corrected chi connectivity index (χ0v) is 18.9. The number of hydrogen-bond donors (Lipinski definition) is 3. The van der Waals surface area contributed by atoms with Crippen molar-refractivity contribution in [3.63, 3.8) is 0 Å². The minimum Gasteiger partial charge on any atom is -0.398 e. The fourth-order valence-electron chi connectivity index (χ4n) is 3.26. The molecule has 3 aromatic rings. The van der Waals surface area contributed by atoms with Crippen LogP contribution in [0.15, 0.2) is 46.9 Å². The van der Waals surface area contributed by atoms with E-state index in [-0.39, 0.29) is 11.3 Å². The summed E-state index contributed by atoms with van der Waals surface area (Å²) in [6.07, 6.45) is 1.25. The summed E-state index contributed by atoms with van der Waals surface area (Å²) in [5.41, 5.74) is 10.8. The predicted octanol–water partition coefficient (Wildman–Crippen LogP) is 3.48. The van der Waals surface area contributed by atoms with Crippen LogP contribution in [0, 0.1) is 3.57 Å². The third kappa shape index (κ3) is 4.08. The molecule has 0 fully saturated rings. The van der Waals surface area contributed by atoms with Crippen molar-refractivity contribution < 1.29 is 13.5 Å². The van der Waals surface area contributed by atoms with E-state index in [2.05, 4.69) is 27.6 Å². The molecule has 3 rings (SSSR count). The smallest absolute Gasteiger partial charge is 0.239 e. The first-order valence-corrected chi connectivity index (χ1v) is 12.0. The average molecular weight is 529 g/mol. The second-order valence-corrected chi connectivity index (χ2v) is 9.77. The Morgan fingerprint density at radius 1 is 1.25 bits per heavy atom. The Labute approximate surface area is 181 Å². The van der Waals surface area contributed by atoms with Gasteiger partial charge in [0.15, 0.2) is 0 Å². The Morgan fingerprint density at radius 3 is 2.46 bits per heavy atom. The van der Waals surface area contributed by atoms with Gasteiger partial charge in [0.05, 0.1) is 21.4 Å². The second-order valence-electron chi connectivity index (χ2n) is 6.28. The number of nitrogens with zero attached hydrogens (tertiary/aromatic N) is 1. The normalized spacial score (nSPS) is 12.9. The highest BCUT2D eigenvalue weighted by Gasteiger charge is 2.29. The fourth-order valence-corrected chi connectivity index (χ4v) is 5.90. The van der Waals surface area contributed by atoms with Crippen molar-refractivity contribution in [1.82, 2.24) is 4.98 Å². The van der Waals surface area contributed by atoms with E-state index in [0.29, 0.717) is 28.1 Å². The molecule has 2 aromatic carbocycles. The highest BCUT2D eigenvalue weighted by molar-refractivity contribution is 14.1. The van der Waals surface area contributed by atoms with Gasteiger partial charge < -0.3 is 10.8 Å². The van der Waals surface area contributed by atoms with Crippen LogP contribution in [0.25, 0.3) is 11.1 Å². The largest absolute Gasteiger partial charge is 0.398 e. The molecule has 1 heterocycles. The van der Waals surface area contributed by atoms with Crippen molar-refractivity contribution >= 4 is 49.6 Å². The van der Waals surface area contributed by atoms with Crippen LogP contribution in [-0.4, -0.2) is 18.5 Å². The monoisotopic (exact) mass is 529 g/mol. The third-order valence-corrected chi connectivity index (χ3v) is 7.64. The molecule has 1 aromatic heterocycles. The number of thiazole rings is 1. The fraction of sp³-hybridized carbons (Fsp3) is 0.211. The Balaban J connectivity index is 2.34. The first-order chi connectivity index (χ1) is 13.3. The van der Waals surface area contributed by atoms with Crippen LogP contribution in [0.3, 0.4) is 0 Å². The maximum absolute atomic E-state index is 12.7. The first-order valence-electron chi connectivity index (χ1n) is 8.53. The topological polar surface area (TPSA) is 119 Å². The zero-order chi connectivity index (χ0) is 20.5. The van der Waals surface area contributed by atoms with Crippen molar-refractivity contribution in [2.24, 2.45) is 5.14 Å². The van der Waals surface area contributed by atoms with E-state index in [1.807, 2.05) is 37.3 Å². The van der Waals surface area contributed by atoms with Crippen molar-refractivity contribution in [3.8, 4) is 11.1 Å². The maximum atomic E-state index is 12.7. The number of aliphatic hydroxyl groups is 1. The van der Waals surface area contributed by atoms with Gasteiger partial charge in [0.2, 0.25) is 10.0 Å². The Bertz CT molecular complexity index is 1090. The van der Waals surface area contributed by atoms with Crippen molar-refractivity contribution in [2.75, 3.05) is 5.73 Å². The summed E-state index contributed by atoms with van der Waals surface area (Å²) in [6, 6.07) is 9.24. The van der Waals surface area contributed by atoms with Gasteiger partial charge in [-0.2, -0.15) is 0 Å². The van der Waals surface area contributed by atoms with Gasteiger partial charge in [0.25, 0.3) is 0 Å². The molecular formula is C19H20IN3O3S2. The molecule has 5 N–H and O–H groups in total. The Morgan fingerprint density at radius 2 is 1.93 bits per heavy atom. The van der Waals surface area contributed by atoms with Crippen LogP contribution in [0.1, 0.15) is 29.0 Å². The molecule has 0 radical (unpaired) electrons. The average Bonchev–Trinajstić information content (AvgIpc) is 3.19. The number of primary sulfonamides is 1. The number of aliphatic hydroxyl groups excluding tert-OH is 1. The molecule has 148 valence electrons. The molecule has 0 aliphatic rings. The summed E-state index contributed by atoms with van der Waals surface area (Å²) >= 11 is 3.43. The summed E-state index contributed by atoms with van der Waals surface area (Å²) in [4.78, 5) is 4.59. The van der Waals surface area contributed by atoms with Crippen LogP contribution < -0.4 is 10.9 Å². The Kier molecular flexibility index (Phi) is 6.40. The van der Waals surface area contributed by atoms with Crippen molar-refractivity contribution in [1.29, 1.82) is 0 Å². The van der Waals surface area contributed by atoms with E-state index >= 15 is 0 Å². The molecule has 9 heteroatoms. The molecular weight excluding hydrogens is 509 g/mol. The number of sulfonamides is 1. The summed E-state index contributed by atoms with van der Waals surface area (Å²) < 4.78 is 26.1. The van der Waals surface area contributed by atoms with Crippen molar-refractivity contribution in [3.05, 3.63) is 61.6 Å². The van der Waals surface area contributed by atoms with Crippen LogP contribution in [0.2, 0.25) is 0 Å². The molecule has 0 saturated carbocycles. The second kappa shape index (κ2) is 8.46. The number of benzene rings is 2. The third-order valence-electron chi connectivity index (χ3n) is 4.51. The number of rotatable bonds is 6. The van der Waals surface area contributed by atoms with Crippen molar-refractivity contribution in [2.45, 2.75) is 30.8 Å². The Hall–Kier alpha value is -1.53. The molecule has 0 saturated heterocycles. The van der Waals surface area contributed by atoms with E-state index in [4.69, 9.17) is 10.9 Å². The highest BCUT2D eigenvalue weighted by Crippen LogP contribution is 2.42. The molecule has 1 unspecified atom stereocenters. The highest BCUT2D eigenvalue weighted by atomic mass is 127. The summed E-state index contributed by atoms with van der Waals surface area (Å²) in [5.74, 6) is 0. The number of halogens is 1. The van der Waals surface area contributed by atoms with Gasteiger partial charge in [0.1, 0.15) is 0 Å². The number of nitrogen functional groups attached to an aromatic ring is 1. The van der Waals surface area contributed by atoms with E-state index in [9.17, 15) is 13.5 Å². The molecule has 0 bridgehead atoms. The first kappa shape index (κ1) is 21.2. The van der Waals surface area contributed by atoms with E-state index in [1.165, 1.54) is 11.3 Å². The van der Waals surface area contributed by atoms with Gasteiger partial charge in [-0.05, 0) is 45.7 Å². The van der Waals surface area contributed by atoms with E-state index < -0.39 is 16.1 Å². The lowest BCUT2D eigenvalue weighted by molar-refractivity contribution is 0.181. The van der Waals surface area contributed by atoms with E-state index in [0.717, 1.165) is 14.7 Å². The summed E-state index contributed by atoms with van der Waals surface area (Å²) in [7, 11) is -4.11. The number of anilines is 1. The van der Waals surface area contributed by atoms with Gasteiger partial charge in [-0.3, -0.25) is 4.98 Å². The SMILES string of the molecule is CCc1c(I)c(N)c(CC(O)c2cncs2)c(S(N)(=O)=O)c1-c1ccccc1. The van der Waals surface area contributed by atoms with E-state index in [1.54, 1.807) is 11.7 Å². The summed E-state index contributed by atoms with van der Waals surface area (Å²) in [6.45, 7) is 1.95. The maximum Gasteiger partial charge on any atom is 0.239 e. The minimum absolute atomic E-state index is 0.0166. The predicted molar refractivity (Wildman–Crippen MR) is 121 cm³/mol. The molecule has 0 spiro atoms. The lowest BCUT2D eigenvalue weighted by Gasteiger charge is -2.23. The molecule has 0 aliphatic carbocycles. The van der Waals surface area contributed by atoms with Gasteiger partial charge in [0, 0.05) is 27.4 Å². The molecule has 0 amide bonds. The lowest BCUT2D eigenvalue weighted by Crippen LogP contribution is -2.20. The number of aromatic nitrogens is 1. The minimum atomic E-state index is -4.11. The van der Waals surface area contributed by atoms with Crippen LogP contribution in [0.5, 0.6) is 0 Å². The quantitative estimate of drug-likeness (QED) is 0.334. The number of hydrogen-bond acceptors (Lipinski definition) is 6. The zero-order valence-electron chi connectivity index (χ0n) is 15.1. The van der Waals surface area contributed by atoms with Gasteiger partial charge in [-0.1, -0.05) is 37.3 Å². The molecule has 1 atom stereocenters. The van der Waals surface area contributed by atoms with Crippen LogP contribution in [0.4, 0.5) is 5.69 Å². The standard InChI is InChI=1S/C19H20IN3O3S2/c1-2-12-16(11-6-4-3-5-7-11)19(28(22,25)26)13(18(21)17(12)20)8-14(24)15-9-23-10-27-15/h3-7,9-10,14,24H,2,8,21H2,1H3,(H2,22,25,26). The molecule has 28 heavy (non-hydrogen) atoms. The van der Waals surface area contributed by atoms with Crippen LogP contribution >= 0.6 is 33.9 Å². The molecule has 6 nitrogen and oxygen atoms in total.